The fourth-order valence-electron chi connectivity index (χ4n) is 2.80. The zero-order valence-electron chi connectivity index (χ0n) is 13.6. The quantitative estimate of drug-likeness (QED) is 0.295. The average Bonchev–Trinajstić information content (AvgIpc) is 2.92. The Morgan fingerprint density at radius 2 is 2.12 bits per heavy atom. The van der Waals surface area contributed by atoms with Crippen LogP contribution in [0.4, 0.5) is 5.82 Å². The largest absolute Gasteiger partial charge is 0.380 e. The number of hydrogen-bond donors (Lipinski definition) is 4. The van der Waals surface area contributed by atoms with Crippen molar-refractivity contribution in [3.05, 3.63) is 30.1 Å². The second-order valence-electron chi connectivity index (χ2n) is 5.40. The van der Waals surface area contributed by atoms with E-state index in [1.807, 2.05) is 31.2 Å². The topological polar surface area (TPSA) is 132 Å². The molecule has 0 amide bonds. The molecule has 0 aliphatic rings. The van der Waals surface area contributed by atoms with Crippen molar-refractivity contribution in [2.45, 2.75) is 20.1 Å². The van der Waals surface area contributed by atoms with Crippen LogP contribution in [0.2, 0.25) is 0 Å². The molecule has 1 aromatic carbocycles. The fourth-order valence-corrected chi connectivity index (χ4v) is 2.80. The van der Waals surface area contributed by atoms with Gasteiger partial charge in [0.1, 0.15) is 13.2 Å². The summed E-state index contributed by atoms with van der Waals surface area (Å²) in [6.07, 6.45) is 0. The third-order valence-electron chi connectivity index (χ3n) is 3.82. The molecule has 0 bridgehead atoms. The molecule has 0 saturated heterocycles. The van der Waals surface area contributed by atoms with Gasteiger partial charge in [-0.15, -0.1) is 0 Å². The number of fused-ring (bicyclic) bond motifs is 3. The van der Waals surface area contributed by atoms with Crippen molar-refractivity contribution in [2.24, 2.45) is 16.5 Å². The van der Waals surface area contributed by atoms with Gasteiger partial charge in [0, 0.05) is 6.61 Å². The number of anilines is 1. The first-order valence-electron chi connectivity index (χ1n) is 7.83. The molecule has 0 spiro atoms. The highest BCUT2D eigenvalue weighted by atomic mass is 16.5. The average molecular weight is 328 g/mol. The van der Waals surface area contributed by atoms with Crippen molar-refractivity contribution in [3.63, 3.8) is 0 Å². The number of guanidine groups is 1. The molecule has 126 valence electrons. The number of H-pyrrole nitrogens is 1. The van der Waals surface area contributed by atoms with Gasteiger partial charge in [0.25, 0.3) is 5.82 Å². The highest BCUT2D eigenvalue weighted by molar-refractivity contribution is 6.04. The molecule has 24 heavy (non-hydrogen) atoms. The van der Waals surface area contributed by atoms with Crippen LogP contribution in [0.25, 0.3) is 21.9 Å². The normalized spacial score (nSPS) is 11.2. The van der Waals surface area contributed by atoms with Crippen LogP contribution in [0.3, 0.4) is 0 Å². The molecule has 0 atom stereocenters. The van der Waals surface area contributed by atoms with Crippen molar-refractivity contribution in [1.82, 2.24) is 9.97 Å². The second-order valence-corrected chi connectivity index (χ2v) is 5.40. The van der Waals surface area contributed by atoms with Crippen molar-refractivity contribution in [2.75, 3.05) is 18.9 Å². The number of imidazole rings is 1. The smallest absolute Gasteiger partial charge is 0.281 e. The summed E-state index contributed by atoms with van der Waals surface area (Å²) in [4.78, 5) is 11.9. The third kappa shape index (κ3) is 2.95. The van der Waals surface area contributed by atoms with Crippen LogP contribution in [0.1, 0.15) is 12.7 Å². The van der Waals surface area contributed by atoms with Gasteiger partial charge in [-0.3, -0.25) is 0 Å². The molecule has 0 aliphatic carbocycles. The van der Waals surface area contributed by atoms with Crippen LogP contribution >= 0.6 is 0 Å². The van der Waals surface area contributed by atoms with E-state index in [-0.39, 0.29) is 5.96 Å². The zero-order valence-corrected chi connectivity index (χ0v) is 13.6. The van der Waals surface area contributed by atoms with Gasteiger partial charge < -0.3 is 21.9 Å². The number of aromatic nitrogens is 3. The van der Waals surface area contributed by atoms with Crippen LogP contribution in [0.5, 0.6) is 0 Å². The Hall–Kier alpha value is -2.87. The molecule has 7 N–H and O–H groups in total. The van der Waals surface area contributed by atoms with Gasteiger partial charge in [0.2, 0.25) is 5.52 Å². The van der Waals surface area contributed by atoms with Gasteiger partial charge in [0.05, 0.1) is 17.4 Å². The SMILES string of the molecule is CCOCc1[nH]c2c(N)nc3ccccc3c2[n+]1CCN=C(N)N. The first-order chi connectivity index (χ1) is 11.6. The highest BCUT2D eigenvalue weighted by Gasteiger charge is 2.23. The summed E-state index contributed by atoms with van der Waals surface area (Å²) >= 11 is 0. The number of ether oxygens (including phenoxy) is 1. The maximum atomic E-state index is 6.15. The maximum Gasteiger partial charge on any atom is 0.281 e. The van der Waals surface area contributed by atoms with Crippen molar-refractivity contribution in [3.8, 4) is 0 Å². The molecule has 2 aromatic heterocycles. The van der Waals surface area contributed by atoms with E-state index in [9.17, 15) is 0 Å². The van der Waals surface area contributed by atoms with E-state index in [1.165, 1.54) is 0 Å². The molecule has 8 heteroatoms. The maximum absolute atomic E-state index is 6.15. The van der Waals surface area contributed by atoms with Crippen LogP contribution in [-0.2, 0) is 17.9 Å². The Balaban J connectivity index is 2.20. The summed E-state index contributed by atoms with van der Waals surface area (Å²) in [5.41, 5.74) is 19.6. The summed E-state index contributed by atoms with van der Waals surface area (Å²) in [6.45, 7) is 4.10. The molecule has 3 aromatic rings. The van der Waals surface area contributed by atoms with E-state index in [4.69, 9.17) is 21.9 Å². The van der Waals surface area contributed by atoms with Gasteiger partial charge in [-0.2, -0.15) is 0 Å². The van der Waals surface area contributed by atoms with E-state index < -0.39 is 0 Å². The van der Waals surface area contributed by atoms with Crippen molar-refractivity contribution >= 4 is 33.7 Å². The van der Waals surface area contributed by atoms with Gasteiger partial charge in [-0.1, -0.05) is 12.1 Å². The number of nitrogen functional groups attached to an aromatic ring is 1. The Labute approximate surface area is 139 Å². The summed E-state index contributed by atoms with van der Waals surface area (Å²) in [5.74, 6) is 1.44. The Bertz CT molecular complexity index is 896. The van der Waals surface area contributed by atoms with Gasteiger partial charge >= 0.3 is 0 Å². The Morgan fingerprint density at radius 1 is 1.33 bits per heavy atom. The molecule has 0 fully saturated rings. The molecular formula is C16H22N7O+. The van der Waals surface area contributed by atoms with Gasteiger partial charge in [-0.25, -0.2) is 19.5 Å². The number of nitrogens with two attached hydrogens (primary N) is 3. The number of rotatable bonds is 6. The molecule has 0 aliphatic heterocycles. The number of benzene rings is 1. The summed E-state index contributed by atoms with van der Waals surface area (Å²) in [7, 11) is 0. The van der Waals surface area contributed by atoms with Crippen molar-refractivity contribution < 1.29 is 9.30 Å². The Morgan fingerprint density at radius 3 is 2.88 bits per heavy atom. The summed E-state index contributed by atoms with van der Waals surface area (Å²) in [5, 5.41) is 1.02. The lowest BCUT2D eigenvalue weighted by molar-refractivity contribution is -0.677. The molecule has 0 unspecified atom stereocenters. The van der Waals surface area contributed by atoms with E-state index in [1.54, 1.807) is 0 Å². The minimum absolute atomic E-state index is 0.0767. The van der Waals surface area contributed by atoms with Gasteiger partial charge in [0.15, 0.2) is 17.3 Å². The van der Waals surface area contributed by atoms with Crippen LogP contribution < -0.4 is 21.8 Å². The summed E-state index contributed by atoms with van der Waals surface area (Å²) in [6, 6.07) is 7.90. The monoisotopic (exact) mass is 328 g/mol. The van der Waals surface area contributed by atoms with E-state index in [0.717, 1.165) is 27.8 Å². The minimum Gasteiger partial charge on any atom is -0.380 e. The van der Waals surface area contributed by atoms with E-state index in [2.05, 4.69) is 19.5 Å². The van der Waals surface area contributed by atoms with Crippen molar-refractivity contribution in [1.29, 1.82) is 0 Å². The number of aliphatic imine (C=N–C) groups is 1. The standard InChI is InChI=1S/C16H21N7O/c1-2-24-9-12-22-13-14(23(12)8-7-20-16(18)19)10-5-3-4-6-11(10)21-15(13)17/h3-6H,2,7-9H2,1H3,(H6,17,18,19,20,21)/p+1. The predicted octanol–water partition coefficient (Wildman–Crippen LogP) is 0.396. The fraction of sp³-hybridized carbons (Fsp3) is 0.312. The third-order valence-corrected chi connectivity index (χ3v) is 3.82. The summed E-state index contributed by atoms with van der Waals surface area (Å²) < 4.78 is 7.68. The lowest BCUT2D eigenvalue weighted by atomic mass is 10.2. The molecule has 0 saturated carbocycles. The number of nitrogens with one attached hydrogen (secondary N) is 1. The van der Waals surface area contributed by atoms with Crippen LogP contribution in [0.15, 0.2) is 29.3 Å². The lowest BCUT2D eigenvalue weighted by Crippen LogP contribution is -2.39. The molecular weight excluding hydrogens is 306 g/mol. The van der Waals surface area contributed by atoms with E-state index >= 15 is 0 Å². The number of pyridine rings is 1. The molecule has 3 rings (SSSR count). The first-order valence-corrected chi connectivity index (χ1v) is 7.83. The second kappa shape index (κ2) is 6.71. The zero-order chi connectivity index (χ0) is 17.1. The van der Waals surface area contributed by atoms with Gasteiger partial charge in [-0.05, 0) is 19.1 Å². The highest BCUT2D eigenvalue weighted by Crippen LogP contribution is 2.25. The Kier molecular flexibility index (Phi) is 4.48. The number of hydrogen-bond acceptors (Lipinski definition) is 4. The van der Waals surface area contributed by atoms with Crippen LogP contribution in [0, 0.1) is 0 Å². The van der Waals surface area contributed by atoms with E-state index in [0.29, 0.717) is 32.1 Å². The number of nitrogens with zero attached hydrogens (tertiary/aromatic N) is 3. The lowest BCUT2D eigenvalue weighted by Gasteiger charge is -2.03. The minimum atomic E-state index is 0.0767. The molecule has 0 radical (unpaired) electrons. The van der Waals surface area contributed by atoms with Crippen LogP contribution in [-0.4, -0.2) is 29.1 Å². The predicted molar refractivity (Wildman–Crippen MR) is 94.2 cm³/mol. The number of para-hydroxylation sites is 1. The molecule has 2 heterocycles. The number of aromatic amines is 1. The first kappa shape index (κ1) is 16.0. The molecule has 8 nitrogen and oxygen atoms in total.